The molecule has 168 valence electrons. The molecular weight excluding hydrogens is 442 g/mol. The molecule has 5 nitrogen and oxygen atoms in total. The maximum absolute atomic E-state index is 4.96. The van der Waals surface area contributed by atoms with Crippen LogP contribution in [-0.4, -0.2) is 24.1 Å². The molecular formula is C31H19N5. The maximum Gasteiger partial charge on any atom is 0.115 e. The van der Waals surface area contributed by atoms with E-state index in [4.69, 9.17) is 4.98 Å². The van der Waals surface area contributed by atoms with Crippen molar-refractivity contribution in [2.75, 3.05) is 0 Å². The van der Waals surface area contributed by atoms with Crippen molar-refractivity contribution in [3.8, 4) is 11.4 Å². The molecule has 0 saturated heterocycles. The first-order valence-electron chi connectivity index (χ1n) is 12.0. The second-order valence-electron chi connectivity index (χ2n) is 8.98. The summed E-state index contributed by atoms with van der Waals surface area (Å²) >= 11 is 0. The molecule has 0 N–H and O–H groups in total. The fraction of sp³-hybridized carbons (Fsp3) is 0. The van der Waals surface area contributed by atoms with Crippen LogP contribution in [0.3, 0.4) is 0 Å². The number of nitrogens with zero attached hydrogens (tertiary/aromatic N) is 5. The van der Waals surface area contributed by atoms with Crippen LogP contribution in [0.2, 0.25) is 0 Å². The van der Waals surface area contributed by atoms with Crippen molar-refractivity contribution in [1.82, 2.24) is 24.1 Å². The van der Waals surface area contributed by atoms with Crippen LogP contribution in [0.25, 0.3) is 65.9 Å². The highest BCUT2D eigenvalue weighted by Crippen LogP contribution is 2.45. The second kappa shape index (κ2) is 7.23. The van der Waals surface area contributed by atoms with E-state index >= 15 is 0 Å². The lowest BCUT2D eigenvalue weighted by Gasteiger charge is -2.13. The topological polar surface area (TPSA) is 48.5 Å². The summed E-state index contributed by atoms with van der Waals surface area (Å²) in [4.78, 5) is 13.7. The summed E-state index contributed by atoms with van der Waals surface area (Å²) < 4.78 is 4.68. The molecule has 4 aromatic carbocycles. The minimum atomic E-state index is 0.929. The van der Waals surface area contributed by atoms with Gasteiger partial charge in [0.25, 0.3) is 0 Å². The van der Waals surface area contributed by atoms with Gasteiger partial charge in [0, 0.05) is 38.8 Å². The predicted octanol–water partition coefficient (Wildman–Crippen LogP) is 7.22. The van der Waals surface area contributed by atoms with Crippen molar-refractivity contribution >= 4 is 54.5 Å². The van der Waals surface area contributed by atoms with Crippen molar-refractivity contribution in [1.29, 1.82) is 0 Å². The number of hydrogen-bond donors (Lipinski definition) is 0. The number of pyridine rings is 1. The Kier molecular flexibility index (Phi) is 3.88. The zero-order chi connectivity index (χ0) is 23.6. The first-order valence-corrected chi connectivity index (χ1v) is 12.0. The van der Waals surface area contributed by atoms with Gasteiger partial charge in [-0.15, -0.1) is 0 Å². The fourth-order valence-corrected chi connectivity index (χ4v) is 5.77. The Labute approximate surface area is 205 Å². The van der Waals surface area contributed by atoms with E-state index in [9.17, 15) is 0 Å². The zero-order valence-electron chi connectivity index (χ0n) is 19.2. The van der Waals surface area contributed by atoms with Crippen molar-refractivity contribution in [2.24, 2.45) is 0 Å². The summed E-state index contributed by atoms with van der Waals surface area (Å²) in [7, 11) is 0. The summed E-state index contributed by atoms with van der Waals surface area (Å²) in [6.45, 7) is 0. The molecule has 0 aliphatic heterocycles. The predicted molar refractivity (Wildman–Crippen MR) is 146 cm³/mol. The number of para-hydroxylation sites is 3. The molecule has 0 saturated carbocycles. The number of aromatic nitrogens is 5. The Morgan fingerprint density at radius 1 is 0.500 bits per heavy atom. The van der Waals surface area contributed by atoms with Crippen LogP contribution in [0.4, 0.5) is 0 Å². The summed E-state index contributed by atoms with van der Waals surface area (Å²) in [6.07, 6.45) is 7.24. The fourth-order valence-electron chi connectivity index (χ4n) is 5.77. The Hall–Kier alpha value is -5.03. The highest BCUT2D eigenvalue weighted by molar-refractivity contribution is 6.35. The molecule has 0 aliphatic rings. The minimum Gasteiger partial charge on any atom is -0.307 e. The molecule has 0 radical (unpaired) electrons. The van der Waals surface area contributed by atoms with Gasteiger partial charge in [-0.1, -0.05) is 60.7 Å². The molecule has 0 atom stereocenters. The van der Waals surface area contributed by atoms with Crippen LogP contribution in [0.15, 0.2) is 116 Å². The smallest absolute Gasteiger partial charge is 0.115 e. The van der Waals surface area contributed by atoms with Gasteiger partial charge >= 0.3 is 0 Å². The Morgan fingerprint density at radius 2 is 1.08 bits per heavy atom. The first-order chi connectivity index (χ1) is 17.9. The summed E-state index contributed by atoms with van der Waals surface area (Å²) in [5.74, 6) is 0. The minimum absolute atomic E-state index is 0.929. The van der Waals surface area contributed by atoms with Gasteiger partial charge in [0.1, 0.15) is 6.33 Å². The summed E-state index contributed by atoms with van der Waals surface area (Å²) in [5, 5.41) is 5.84. The van der Waals surface area contributed by atoms with E-state index in [0.717, 1.165) is 49.7 Å². The third-order valence-corrected chi connectivity index (χ3v) is 7.11. The van der Waals surface area contributed by atoms with Crippen LogP contribution in [-0.2, 0) is 0 Å². The molecule has 36 heavy (non-hydrogen) atoms. The lowest BCUT2D eigenvalue weighted by atomic mass is 10.0. The molecule has 5 heteroatoms. The summed E-state index contributed by atoms with van der Waals surface area (Å²) in [6, 6.07) is 32.0. The van der Waals surface area contributed by atoms with Gasteiger partial charge < -0.3 is 9.13 Å². The molecule has 0 spiro atoms. The van der Waals surface area contributed by atoms with Crippen molar-refractivity contribution in [3.63, 3.8) is 0 Å². The monoisotopic (exact) mass is 461 g/mol. The third kappa shape index (κ3) is 2.46. The van der Waals surface area contributed by atoms with Gasteiger partial charge in [-0.05, 0) is 30.3 Å². The maximum atomic E-state index is 4.96. The molecule has 0 aliphatic carbocycles. The molecule has 0 unspecified atom stereocenters. The second-order valence-corrected chi connectivity index (χ2v) is 8.98. The van der Waals surface area contributed by atoms with E-state index in [2.05, 4.69) is 104 Å². The van der Waals surface area contributed by atoms with Crippen LogP contribution in [0.1, 0.15) is 0 Å². The van der Waals surface area contributed by atoms with Crippen molar-refractivity contribution < 1.29 is 0 Å². The molecule has 8 rings (SSSR count). The molecule has 0 amide bonds. The molecule has 4 aromatic heterocycles. The number of benzene rings is 4. The first kappa shape index (κ1) is 19.3. The SMILES string of the molecule is c1ccc(-n2c3ccccc3c3c4ncccc4c4c5ccccc5n(-c5cncnc5)c4c32)cc1. The molecule has 8 aromatic rings. The van der Waals surface area contributed by atoms with Gasteiger partial charge in [0.15, 0.2) is 0 Å². The average Bonchev–Trinajstić information content (AvgIpc) is 3.48. The number of hydrogen-bond acceptors (Lipinski definition) is 3. The average molecular weight is 462 g/mol. The van der Waals surface area contributed by atoms with Crippen LogP contribution in [0, 0.1) is 0 Å². The van der Waals surface area contributed by atoms with E-state index < -0.39 is 0 Å². The van der Waals surface area contributed by atoms with E-state index in [-0.39, 0.29) is 0 Å². The Balaban J connectivity index is 1.79. The van der Waals surface area contributed by atoms with Gasteiger partial charge in [-0.25, -0.2) is 9.97 Å². The van der Waals surface area contributed by atoms with E-state index in [1.807, 2.05) is 24.7 Å². The quantitative estimate of drug-likeness (QED) is 0.273. The van der Waals surface area contributed by atoms with E-state index in [0.29, 0.717) is 0 Å². The number of rotatable bonds is 2. The zero-order valence-corrected chi connectivity index (χ0v) is 19.2. The van der Waals surface area contributed by atoms with Gasteiger partial charge in [0.2, 0.25) is 0 Å². The van der Waals surface area contributed by atoms with Gasteiger partial charge in [0.05, 0.1) is 45.7 Å². The van der Waals surface area contributed by atoms with E-state index in [1.165, 1.54) is 16.2 Å². The van der Waals surface area contributed by atoms with Crippen LogP contribution < -0.4 is 0 Å². The van der Waals surface area contributed by atoms with Crippen LogP contribution >= 0.6 is 0 Å². The lowest BCUT2D eigenvalue weighted by Crippen LogP contribution is -1.99. The summed E-state index contributed by atoms with van der Waals surface area (Å²) in [5.41, 5.74) is 7.58. The normalized spacial score (nSPS) is 11.9. The molecule has 0 fully saturated rings. The highest BCUT2D eigenvalue weighted by atomic mass is 15.1. The Morgan fingerprint density at radius 3 is 1.83 bits per heavy atom. The largest absolute Gasteiger partial charge is 0.307 e. The lowest BCUT2D eigenvalue weighted by molar-refractivity contribution is 1.07. The van der Waals surface area contributed by atoms with Gasteiger partial charge in [-0.3, -0.25) is 4.98 Å². The van der Waals surface area contributed by atoms with Gasteiger partial charge in [-0.2, -0.15) is 0 Å². The third-order valence-electron chi connectivity index (χ3n) is 7.11. The number of fused-ring (bicyclic) bond motifs is 10. The highest BCUT2D eigenvalue weighted by Gasteiger charge is 2.24. The Bertz CT molecular complexity index is 1930. The standard InChI is InChI=1S/C31H19N5/c1-2-9-20(10-3-1)35-26-15-7-5-12-23(26)28-29-24(13-8-16-34-29)27-22-11-4-6-14-25(22)36(30(27)31(28)35)21-17-32-19-33-18-21/h1-19H. The molecule has 0 bridgehead atoms. The van der Waals surface area contributed by atoms with Crippen molar-refractivity contribution in [2.45, 2.75) is 0 Å². The molecule has 4 heterocycles. The van der Waals surface area contributed by atoms with Crippen LogP contribution in [0.5, 0.6) is 0 Å². The van der Waals surface area contributed by atoms with Crippen molar-refractivity contribution in [3.05, 3.63) is 116 Å². The van der Waals surface area contributed by atoms with E-state index in [1.54, 1.807) is 6.33 Å².